The Morgan fingerprint density at radius 1 is 1.38 bits per heavy atom. The third-order valence-electron chi connectivity index (χ3n) is 3.19. The molecule has 0 aliphatic carbocycles. The second-order valence-electron chi connectivity index (χ2n) is 4.65. The summed E-state index contributed by atoms with van der Waals surface area (Å²) in [4.78, 5) is 30.4. The first-order valence-electron chi connectivity index (χ1n) is 6.56. The van der Waals surface area contributed by atoms with Crippen LogP contribution in [0.4, 0.5) is 0 Å². The van der Waals surface area contributed by atoms with Crippen molar-refractivity contribution in [2.45, 2.75) is 20.3 Å². The van der Waals surface area contributed by atoms with Gasteiger partial charge in [0.1, 0.15) is 5.82 Å². The van der Waals surface area contributed by atoms with Crippen LogP contribution >= 0.6 is 0 Å². The Balaban J connectivity index is 2.25. The zero-order chi connectivity index (χ0) is 15.0. The molecule has 0 saturated heterocycles. The molecule has 3 aromatic rings. The van der Waals surface area contributed by atoms with Crippen LogP contribution in [0.3, 0.4) is 0 Å². The van der Waals surface area contributed by atoms with Gasteiger partial charge in [0.15, 0.2) is 16.9 Å². The second-order valence-corrected chi connectivity index (χ2v) is 4.65. The molecular formula is C14H13N5O2. The van der Waals surface area contributed by atoms with Crippen LogP contribution in [0.2, 0.25) is 0 Å². The van der Waals surface area contributed by atoms with Gasteiger partial charge >= 0.3 is 0 Å². The summed E-state index contributed by atoms with van der Waals surface area (Å²) in [7, 11) is 0. The van der Waals surface area contributed by atoms with Gasteiger partial charge in [-0.15, -0.1) is 5.10 Å². The Labute approximate surface area is 119 Å². The van der Waals surface area contributed by atoms with Crippen molar-refractivity contribution >= 4 is 16.9 Å². The third kappa shape index (κ3) is 2.22. The van der Waals surface area contributed by atoms with Gasteiger partial charge < -0.3 is 4.98 Å². The molecule has 0 unspecified atom stereocenters. The van der Waals surface area contributed by atoms with E-state index < -0.39 is 0 Å². The maximum absolute atomic E-state index is 11.9. The highest BCUT2D eigenvalue weighted by molar-refractivity contribution is 5.94. The third-order valence-corrected chi connectivity index (χ3v) is 3.19. The van der Waals surface area contributed by atoms with E-state index in [1.807, 2.05) is 6.92 Å². The van der Waals surface area contributed by atoms with Crippen molar-refractivity contribution in [2.24, 2.45) is 0 Å². The molecule has 0 saturated carbocycles. The summed E-state index contributed by atoms with van der Waals surface area (Å²) in [5, 5.41) is 7.84. The number of Topliss-reactive ketones (excluding diaryl/α,β-unsaturated/α-hetero) is 1. The molecule has 1 aromatic carbocycles. The Morgan fingerprint density at radius 2 is 2.19 bits per heavy atom. The fraction of sp³-hybridized carbons (Fsp3) is 0.214. The van der Waals surface area contributed by atoms with Gasteiger partial charge in [0.05, 0.1) is 5.69 Å². The maximum atomic E-state index is 11.9. The molecule has 0 amide bonds. The number of ketones is 1. The van der Waals surface area contributed by atoms with E-state index in [1.54, 1.807) is 24.3 Å². The van der Waals surface area contributed by atoms with E-state index in [0.717, 1.165) is 0 Å². The highest BCUT2D eigenvalue weighted by atomic mass is 16.1. The van der Waals surface area contributed by atoms with Crippen LogP contribution in [-0.2, 0) is 6.42 Å². The molecule has 0 spiro atoms. The fourth-order valence-electron chi connectivity index (χ4n) is 2.07. The Bertz CT molecular complexity index is 894. The summed E-state index contributed by atoms with van der Waals surface area (Å²) in [6.45, 7) is 3.39. The minimum Gasteiger partial charge on any atom is -0.308 e. The van der Waals surface area contributed by atoms with E-state index in [9.17, 15) is 9.59 Å². The zero-order valence-corrected chi connectivity index (χ0v) is 11.6. The number of nitrogens with zero attached hydrogens (tertiary/aromatic N) is 4. The van der Waals surface area contributed by atoms with Crippen LogP contribution in [0, 0.1) is 0 Å². The summed E-state index contributed by atoms with van der Waals surface area (Å²) < 4.78 is 1.47. The fourth-order valence-corrected chi connectivity index (χ4v) is 2.07. The standard InChI is InChI=1S/C14H13N5O2/c1-3-11-15-13-12(14(21)16-11)17-18-19(13)10-6-4-5-9(7-10)8(2)20/h4-7H,3H2,1-2H3,(H,15,16,21). The topological polar surface area (TPSA) is 93.5 Å². The second kappa shape index (κ2) is 4.93. The van der Waals surface area contributed by atoms with Gasteiger partial charge in [-0.05, 0) is 19.1 Å². The number of benzene rings is 1. The number of fused-ring (bicyclic) bond motifs is 1. The van der Waals surface area contributed by atoms with Crippen molar-refractivity contribution < 1.29 is 4.79 Å². The lowest BCUT2D eigenvalue weighted by molar-refractivity contribution is 0.101. The van der Waals surface area contributed by atoms with Crippen LogP contribution in [0.25, 0.3) is 16.9 Å². The summed E-state index contributed by atoms with van der Waals surface area (Å²) in [5.41, 5.74) is 1.46. The molecule has 0 fully saturated rings. The Kier molecular flexibility index (Phi) is 3.09. The van der Waals surface area contributed by atoms with E-state index in [0.29, 0.717) is 29.1 Å². The Hall–Kier alpha value is -2.83. The van der Waals surface area contributed by atoms with Crippen LogP contribution in [-0.4, -0.2) is 30.7 Å². The first kappa shape index (κ1) is 13.2. The van der Waals surface area contributed by atoms with Crippen molar-refractivity contribution in [3.8, 4) is 5.69 Å². The quantitative estimate of drug-likeness (QED) is 0.730. The molecule has 0 bridgehead atoms. The predicted octanol–water partition coefficient (Wildman–Crippen LogP) is 1.27. The van der Waals surface area contributed by atoms with Crippen LogP contribution < -0.4 is 5.56 Å². The predicted molar refractivity (Wildman–Crippen MR) is 76.7 cm³/mol. The highest BCUT2D eigenvalue weighted by Gasteiger charge is 2.13. The first-order chi connectivity index (χ1) is 10.1. The number of aryl methyl sites for hydroxylation is 1. The molecule has 1 N–H and O–H groups in total. The number of aromatic amines is 1. The largest absolute Gasteiger partial charge is 0.308 e. The number of hydrogen-bond donors (Lipinski definition) is 1. The number of carbonyl (C=O) groups excluding carboxylic acids is 1. The molecule has 0 radical (unpaired) electrons. The summed E-state index contributed by atoms with van der Waals surface area (Å²) in [6.07, 6.45) is 0.601. The summed E-state index contributed by atoms with van der Waals surface area (Å²) >= 11 is 0. The van der Waals surface area contributed by atoms with Crippen LogP contribution in [0.5, 0.6) is 0 Å². The van der Waals surface area contributed by atoms with Gasteiger partial charge in [-0.1, -0.05) is 24.3 Å². The molecule has 0 aliphatic heterocycles. The first-order valence-corrected chi connectivity index (χ1v) is 6.56. The molecule has 7 heteroatoms. The molecule has 0 aliphatic rings. The van der Waals surface area contributed by atoms with E-state index >= 15 is 0 Å². The molecule has 21 heavy (non-hydrogen) atoms. The maximum Gasteiger partial charge on any atom is 0.281 e. The van der Waals surface area contributed by atoms with Gasteiger partial charge in [-0.3, -0.25) is 9.59 Å². The molecule has 2 aromatic heterocycles. The summed E-state index contributed by atoms with van der Waals surface area (Å²) in [6, 6.07) is 6.97. The van der Waals surface area contributed by atoms with Crippen molar-refractivity contribution in [3.63, 3.8) is 0 Å². The summed E-state index contributed by atoms with van der Waals surface area (Å²) in [5.74, 6) is 0.528. The molecular weight excluding hydrogens is 270 g/mol. The van der Waals surface area contributed by atoms with Crippen molar-refractivity contribution in [2.75, 3.05) is 0 Å². The van der Waals surface area contributed by atoms with Gasteiger partial charge in [0.25, 0.3) is 5.56 Å². The normalized spacial score (nSPS) is 11.0. The number of hydrogen-bond acceptors (Lipinski definition) is 5. The monoisotopic (exact) mass is 283 g/mol. The zero-order valence-electron chi connectivity index (χ0n) is 11.6. The minimum atomic E-state index is -0.314. The lowest BCUT2D eigenvalue weighted by atomic mass is 10.1. The lowest BCUT2D eigenvalue weighted by Crippen LogP contribution is -2.12. The molecule has 3 rings (SSSR count). The lowest BCUT2D eigenvalue weighted by Gasteiger charge is -2.04. The van der Waals surface area contributed by atoms with Crippen molar-refractivity contribution in [1.29, 1.82) is 0 Å². The van der Waals surface area contributed by atoms with Crippen molar-refractivity contribution in [3.05, 3.63) is 46.0 Å². The van der Waals surface area contributed by atoms with E-state index in [2.05, 4.69) is 20.3 Å². The highest BCUT2D eigenvalue weighted by Crippen LogP contribution is 2.14. The number of H-pyrrole nitrogens is 1. The van der Waals surface area contributed by atoms with Crippen molar-refractivity contribution in [1.82, 2.24) is 25.0 Å². The smallest absolute Gasteiger partial charge is 0.281 e. The molecule has 0 atom stereocenters. The van der Waals surface area contributed by atoms with Gasteiger partial charge in [0, 0.05) is 12.0 Å². The van der Waals surface area contributed by atoms with Gasteiger partial charge in [0.2, 0.25) is 0 Å². The number of rotatable bonds is 3. The molecule has 106 valence electrons. The van der Waals surface area contributed by atoms with Gasteiger partial charge in [-0.25, -0.2) is 4.98 Å². The average molecular weight is 283 g/mol. The SMILES string of the molecule is CCc1nc2c(nnn2-c2cccc(C(C)=O)c2)c(=O)[nH]1. The van der Waals surface area contributed by atoms with Crippen LogP contribution in [0.1, 0.15) is 30.0 Å². The van der Waals surface area contributed by atoms with E-state index in [1.165, 1.54) is 11.6 Å². The molecule has 7 nitrogen and oxygen atoms in total. The number of nitrogens with one attached hydrogen (secondary N) is 1. The average Bonchev–Trinajstić information content (AvgIpc) is 2.91. The van der Waals surface area contributed by atoms with E-state index in [4.69, 9.17) is 0 Å². The number of carbonyl (C=O) groups is 1. The molecule has 2 heterocycles. The van der Waals surface area contributed by atoms with Crippen LogP contribution in [0.15, 0.2) is 29.1 Å². The Morgan fingerprint density at radius 3 is 2.90 bits per heavy atom. The van der Waals surface area contributed by atoms with E-state index in [-0.39, 0.29) is 16.9 Å². The minimum absolute atomic E-state index is 0.0404. The number of aromatic nitrogens is 5. The van der Waals surface area contributed by atoms with Gasteiger partial charge in [-0.2, -0.15) is 4.68 Å².